The van der Waals surface area contributed by atoms with Crippen LogP contribution < -0.4 is 0 Å². The second-order valence-corrected chi connectivity index (χ2v) is 7.20. The van der Waals surface area contributed by atoms with E-state index >= 15 is 0 Å². The minimum Gasteiger partial charge on any atom is -0.396 e. The van der Waals surface area contributed by atoms with Crippen LogP contribution in [0.15, 0.2) is 60.8 Å². The van der Waals surface area contributed by atoms with E-state index in [1.807, 2.05) is 18.2 Å². The van der Waals surface area contributed by atoms with E-state index in [9.17, 15) is 9.90 Å². The highest BCUT2D eigenvalue weighted by Gasteiger charge is 2.42. The first kappa shape index (κ1) is 25.3. The van der Waals surface area contributed by atoms with Gasteiger partial charge in [0.2, 0.25) is 0 Å². The van der Waals surface area contributed by atoms with Gasteiger partial charge < -0.3 is 14.9 Å². The summed E-state index contributed by atoms with van der Waals surface area (Å²) >= 11 is 0. The lowest BCUT2D eigenvalue weighted by Crippen LogP contribution is -2.13. The van der Waals surface area contributed by atoms with Crippen LogP contribution in [0.5, 0.6) is 0 Å². The van der Waals surface area contributed by atoms with Crippen molar-refractivity contribution in [2.24, 2.45) is 0 Å². The highest BCUT2D eigenvalue weighted by Crippen LogP contribution is 2.29. The van der Waals surface area contributed by atoms with E-state index in [2.05, 4.69) is 49.5 Å². The number of carbonyl (C=O) groups is 1. The first-order valence-corrected chi connectivity index (χ1v) is 10.9. The van der Waals surface area contributed by atoms with Gasteiger partial charge in [-0.1, -0.05) is 67.7 Å². The molecule has 0 aromatic heterocycles. The standard InChI is InChI=1S/C25H38O4/c1-2-3-13-20-24-25(29-24)23(28)19-15-12-10-8-6-4-5-7-9-11-14-17-22(27)18-16-21-26/h3-5,8-11,13,15,19,23-26,28H,2,6-7,12,14,16-18,20-21H2,1H3/b5-4-,10-8-,11-9-,13-3-,19-15-. The van der Waals surface area contributed by atoms with Crippen molar-refractivity contribution in [3.8, 4) is 0 Å². The van der Waals surface area contributed by atoms with Crippen molar-refractivity contribution in [3.05, 3.63) is 60.8 Å². The predicted molar refractivity (Wildman–Crippen MR) is 120 cm³/mol. The Labute approximate surface area is 176 Å². The van der Waals surface area contributed by atoms with Crippen molar-refractivity contribution < 1.29 is 19.7 Å². The maximum atomic E-state index is 11.4. The van der Waals surface area contributed by atoms with Crippen molar-refractivity contribution in [2.45, 2.75) is 83.0 Å². The fourth-order valence-corrected chi connectivity index (χ4v) is 2.85. The number of aliphatic hydroxyl groups excluding tert-OH is 2. The number of hydrogen-bond donors (Lipinski definition) is 2. The number of ether oxygens (including phenoxy) is 1. The highest BCUT2D eigenvalue weighted by molar-refractivity contribution is 5.78. The number of aliphatic hydroxyl groups is 2. The van der Waals surface area contributed by atoms with E-state index in [4.69, 9.17) is 9.84 Å². The summed E-state index contributed by atoms with van der Waals surface area (Å²) in [6.45, 7) is 2.20. The molecular formula is C25H38O4. The summed E-state index contributed by atoms with van der Waals surface area (Å²) in [5.41, 5.74) is 0. The van der Waals surface area contributed by atoms with Gasteiger partial charge in [-0.2, -0.15) is 0 Å². The van der Waals surface area contributed by atoms with Crippen molar-refractivity contribution >= 4 is 5.78 Å². The smallest absolute Gasteiger partial charge is 0.133 e. The minimum absolute atomic E-state index is 0.0496. The fourth-order valence-electron chi connectivity index (χ4n) is 2.85. The topological polar surface area (TPSA) is 70.1 Å². The quantitative estimate of drug-likeness (QED) is 0.266. The molecule has 0 aromatic rings. The van der Waals surface area contributed by atoms with Gasteiger partial charge in [0.25, 0.3) is 0 Å². The van der Waals surface area contributed by atoms with Crippen LogP contribution in [0.2, 0.25) is 0 Å². The van der Waals surface area contributed by atoms with Gasteiger partial charge in [-0.3, -0.25) is 4.79 Å². The highest BCUT2D eigenvalue weighted by atomic mass is 16.6. The SMILES string of the molecule is CC/C=C\CC1OC1C(O)/C=C\C/C=C\C/C=C\C/C=C\CCC(=O)CCCO. The Balaban J connectivity index is 2.00. The van der Waals surface area contributed by atoms with E-state index < -0.39 is 6.10 Å². The van der Waals surface area contributed by atoms with Crippen LogP contribution in [-0.4, -0.2) is 40.9 Å². The summed E-state index contributed by atoms with van der Waals surface area (Å²) < 4.78 is 5.50. The Morgan fingerprint density at radius 1 is 0.931 bits per heavy atom. The van der Waals surface area contributed by atoms with Crippen molar-refractivity contribution in [1.82, 2.24) is 0 Å². The number of rotatable bonds is 17. The molecule has 0 saturated carbocycles. The molecule has 1 aliphatic rings. The minimum atomic E-state index is -0.514. The molecule has 0 aromatic carbocycles. The van der Waals surface area contributed by atoms with Gasteiger partial charge >= 0.3 is 0 Å². The molecule has 0 amide bonds. The van der Waals surface area contributed by atoms with Crippen molar-refractivity contribution in [2.75, 3.05) is 6.61 Å². The molecule has 3 unspecified atom stereocenters. The van der Waals surface area contributed by atoms with Gasteiger partial charge in [0.1, 0.15) is 18.0 Å². The monoisotopic (exact) mass is 402 g/mol. The molecule has 0 aliphatic carbocycles. The Kier molecular flexibility index (Phi) is 14.9. The van der Waals surface area contributed by atoms with Gasteiger partial charge in [-0.05, 0) is 44.9 Å². The third kappa shape index (κ3) is 14.0. The molecule has 0 spiro atoms. The van der Waals surface area contributed by atoms with E-state index in [0.29, 0.717) is 19.3 Å². The molecular weight excluding hydrogens is 364 g/mol. The van der Waals surface area contributed by atoms with Crippen LogP contribution in [0.25, 0.3) is 0 Å². The molecule has 1 rings (SSSR count). The summed E-state index contributed by atoms with van der Waals surface area (Å²) in [4.78, 5) is 11.4. The molecule has 0 bridgehead atoms. The predicted octanol–water partition coefficient (Wildman–Crippen LogP) is 4.99. The summed E-state index contributed by atoms with van der Waals surface area (Å²) in [5.74, 6) is 0.222. The third-order valence-electron chi connectivity index (χ3n) is 4.58. The molecule has 4 nitrogen and oxygen atoms in total. The lowest BCUT2D eigenvalue weighted by atomic mass is 10.1. The molecule has 1 aliphatic heterocycles. The lowest BCUT2D eigenvalue weighted by molar-refractivity contribution is -0.119. The van der Waals surface area contributed by atoms with Gasteiger partial charge in [0, 0.05) is 19.4 Å². The van der Waals surface area contributed by atoms with Gasteiger partial charge in [-0.25, -0.2) is 0 Å². The molecule has 2 N–H and O–H groups in total. The molecule has 1 heterocycles. The third-order valence-corrected chi connectivity index (χ3v) is 4.58. The normalized spacial score (nSPS) is 20.8. The van der Waals surface area contributed by atoms with E-state index in [1.54, 1.807) is 0 Å². The number of epoxide rings is 1. The maximum absolute atomic E-state index is 11.4. The number of carbonyl (C=O) groups excluding carboxylic acids is 1. The van der Waals surface area contributed by atoms with Crippen LogP contribution in [-0.2, 0) is 9.53 Å². The molecule has 4 heteroatoms. The molecule has 1 saturated heterocycles. The van der Waals surface area contributed by atoms with Crippen LogP contribution in [0.4, 0.5) is 0 Å². The van der Waals surface area contributed by atoms with Crippen LogP contribution in [0, 0.1) is 0 Å². The largest absolute Gasteiger partial charge is 0.396 e. The van der Waals surface area contributed by atoms with E-state index in [-0.39, 0.29) is 24.6 Å². The zero-order valence-corrected chi connectivity index (χ0v) is 17.8. The average Bonchev–Trinajstić information content (AvgIpc) is 3.49. The summed E-state index contributed by atoms with van der Waals surface area (Å²) in [5, 5.41) is 18.7. The number of ketones is 1. The Bertz CT molecular complexity index is 571. The second-order valence-electron chi connectivity index (χ2n) is 7.20. The maximum Gasteiger partial charge on any atom is 0.133 e. The number of Topliss-reactive ketones (excluding diaryl/α,β-unsaturated/α-hetero) is 1. The van der Waals surface area contributed by atoms with Crippen LogP contribution in [0.3, 0.4) is 0 Å². The first-order valence-electron chi connectivity index (χ1n) is 10.9. The summed E-state index contributed by atoms with van der Waals surface area (Å²) in [6, 6.07) is 0. The molecule has 162 valence electrons. The Morgan fingerprint density at radius 3 is 2.24 bits per heavy atom. The first-order chi connectivity index (χ1) is 14.2. The van der Waals surface area contributed by atoms with Crippen LogP contribution in [0.1, 0.15) is 64.7 Å². The molecule has 0 radical (unpaired) electrons. The average molecular weight is 403 g/mol. The van der Waals surface area contributed by atoms with Crippen LogP contribution >= 0.6 is 0 Å². The van der Waals surface area contributed by atoms with E-state index in [0.717, 1.165) is 38.5 Å². The number of hydrogen-bond acceptors (Lipinski definition) is 4. The Morgan fingerprint density at radius 2 is 1.59 bits per heavy atom. The second kappa shape index (κ2) is 17.1. The van der Waals surface area contributed by atoms with Gasteiger partial charge in [0.05, 0.1) is 6.10 Å². The lowest BCUT2D eigenvalue weighted by Gasteiger charge is -1.98. The molecule has 1 fully saturated rings. The van der Waals surface area contributed by atoms with Gasteiger partial charge in [0.15, 0.2) is 0 Å². The molecule has 29 heavy (non-hydrogen) atoms. The zero-order valence-electron chi connectivity index (χ0n) is 17.8. The molecule has 3 atom stereocenters. The summed E-state index contributed by atoms with van der Waals surface area (Å²) in [6.07, 6.45) is 27.1. The summed E-state index contributed by atoms with van der Waals surface area (Å²) in [7, 11) is 0. The van der Waals surface area contributed by atoms with Gasteiger partial charge in [-0.15, -0.1) is 0 Å². The number of allylic oxidation sites excluding steroid dienone is 8. The zero-order chi connectivity index (χ0) is 21.2. The Hall–Kier alpha value is -1.75. The van der Waals surface area contributed by atoms with Crippen molar-refractivity contribution in [1.29, 1.82) is 0 Å². The van der Waals surface area contributed by atoms with E-state index in [1.165, 1.54) is 0 Å². The fraction of sp³-hybridized carbons (Fsp3) is 0.560. The van der Waals surface area contributed by atoms with Crippen molar-refractivity contribution in [3.63, 3.8) is 0 Å².